The largest absolute Gasteiger partial charge is 0.462 e. The van der Waals surface area contributed by atoms with Gasteiger partial charge in [-0.05, 0) is 30.1 Å². The summed E-state index contributed by atoms with van der Waals surface area (Å²) in [5.41, 5.74) is 13.9. The Morgan fingerprint density at radius 2 is 2.03 bits per heavy atom. The van der Waals surface area contributed by atoms with Crippen LogP contribution in [0.15, 0.2) is 53.0 Å². The number of hydrogen-bond donors (Lipinski definition) is 5. The molecule has 1 heterocycles. The summed E-state index contributed by atoms with van der Waals surface area (Å²) in [4.78, 5) is 42.7. The minimum Gasteiger partial charge on any atom is -0.462 e. The van der Waals surface area contributed by atoms with Crippen LogP contribution >= 0.6 is 22.9 Å². The number of nitrogens with two attached hydrogens (primary N) is 2. The highest BCUT2D eigenvalue weighted by molar-refractivity contribution is 14.1. The van der Waals surface area contributed by atoms with Gasteiger partial charge in [-0.1, -0.05) is 43.7 Å². The van der Waals surface area contributed by atoms with Crippen molar-refractivity contribution >= 4 is 52.0 Å². The summed E-state index contributed by atoms with van der Waals surface area (Å²) in [5.74, 6) is -0.835. The highest BCUT2D eigenvalue weighted by atomic mass is 127. The minimum atomic E-state index is -0.484. The van der Waals surface area contributed by atoms with E-state index in [0.29, 0.717) is 35.4 Å². The fraction of sp³-hybridized carbons (Fsp3) is 0.320. The zero-order valence-electron chi connectivity index (χ0n) is 20.4. The third kappa shape index (κ3) is 7.49. The fourth-order valence-corrected chi connectivity index (χ4v) is 4.07. The first kappa shape index (κ1) is 28.1. The maximum atomic E-state index is 13.1. The number of esters is 1. The number of benzene rings is 1. The number of carbonyl (C=O) groups excluding carboxylic acids is 2. The van der Waals surface area contributed by atoms with Crippen molar-refractivity contribution in [1.82, 2.24) is 14.9 Å². The van der Waals surface area contributed by atoms with Crippen LogP contribution in [-0.2, 0) is 27.4 Å². The van der Waals surface area contributed by atoms with Crippen LogP contribution in [0.4, 0.5) is 5.82 Å². The van der Waals surface area contributed by atoms with E-state index in [1.165, 1.54) is 10.8 Å². The molecule has 0 saturated carbocycles. The number of hydrogen-bond acceptors (Lipinski definition) is 8. The predicted molar refractivity (Wildman–Crippen MR) is 150 cm³/mol. The number of ether oxygens (including phenoxy) is 1. The first-order valence-corrected chi connectivity index (χ1v) is 12.8. The Kier molecular flexibility index (Phi) is 9.97. The number of aromatic nitrogens is 2. The Labute approximate surface area is 228 Å². The monoisotopic (exact) mass is 619 g/mol. The smallest absolute Gasteiger partial charge is 0.337 e. The van der Waals surface area contributed by atoms with Crippen LogP contribution in [-0.4, -0.2) is 39.9 Å². The third-order valence-corrected chi connectivity index (χ3v) is 6.19. The average molecular weight is 619 g/mol. The molecule has 1 aliphatic carbocycles. The normalized spacial score (nSPS) is 14.8. The number of unbranched alkanes of at least 4 members (excludes halogenated alkanes) is 1. The van der Waals surface area contributed by atoms with Crippen molar-refractivity contribution in [3.8, 4) is 0 Å². The number of nitrogens with one attached hydrogen (secondary N) is 3. The van der Waals surface area contributed by atoms with Crippen molar-refractivity contribution in [2.24, 2.45) is 11.5 Å². The quantitative estimate of drug-likeness (QED) is 0.0633. The molecule has 0 bridgehead atoms. The molecule has 0 radical (unpaired) electrons. The lowest BCUT2D eigenvalue weighted by atomic mass is 9.94. The van der Waals surface area contributed by atoms with E-state index < -0.39 is 17.6 Å². The van der Waals surface area contributed by atoms with Gasteiger partial charge < -0.3 is 25.1 Å². The van der Waals surface area contributed by atoms with Crippen molar-refractivity contribution in [3.05, 3.63) is 75.4 Å². The number of rotatable bonds is 11. The van der Waals surface area contributed by atoms with Gasteiger partial charge in [-0.3, -0.25) is 19.6 Å². The van der Waals surface area contributed by atoms with E-state index in [4.69, 9.17) is 21.6 Å². The number of amides is 1. The summed E-state index contributed by atoms with van der Waals surface area (Å²) in [5, 5.41) is 10.3. The molecule has 3 rings (SSSR count). The van der Waals surface area contributed by atoms with Gasteiger partial charge in [0.25, 0.3) is 5.56 Å². The summed E-state index contributed by atoms with van der Waals surface area (Å²) in [7, 11) is 0. The number of carbonyl (C=O) groups is 2. The van der Waals surface area contributed by atoms with Gasteiger partial charge in [0.05, 0.1) is 46.9 Å². The van der Waals surface area contributed by atoms with Crippen molar-refractivity contribution in [2.75, 3.05) is 10.1 Å². The molecule has 1 atom stereocenters. The second-order valence-corrected chi connectivity index (χ2v) is 9.05. The van der Waals surface area contributed by atoms with Crippen molar-refractivity contribution in [2.45, 2.75) is 45.3 Å². The average Bonchev–Trinajstić information content (AvgIpc) is 2.88. The van der Waals surface area contributed by atoms with Crippen molar-refractivity contribution < 1.29 is 14.3 Å². The van der Waals surface area contributed by atoms with Crippen LogP contribution in [0.2, 0.25) is 0 Å². The van der Waals surface area contributed by atoms with E-state index in [0.717, 1.165) is 18.4 Å². The maximum Gasteiger partial charge on any atom is 0.337 e. The first-order chi connectivity index (χ1) is 17.7. The topological polar surface area (TPSA) is 178 Å². The van der Waals surface area contributed by atoms with Gasteiger partial charge in [0.2, 0.25) is 11.7 Å². The van der Waals surface area contributed by atoms with Crippen LogP contribution in [0, 0.1) is 5.41 Å². The Balaban J connectivity index is 1.83. The van der Waals surface area contributed by atoms with Gasteiger partial charge in [-0.2, -0.15) is 0 Å². The summed E-state index contributed by atoms with van der Waals surface area (Å²) < 4.78 is 9.34. The molecule has 2 aromatic rings. The van der Waals surface area contributed by atoms with Gasteiger partial charge in [-0.25, -0.2) is 9.78 Å². The van der Waals surface area contributed by atoms with Gasteiger partial charge in [0, 0.05) is 18.2 Å². The Morgan fingerprint density at radius 3 is 2.68 bits per heavy atom. The lowest BCUT2D eigenvalue weighted by Crippen LogP contribution is -2.35. The summed E-state index contributed by atoms with van der Waals surface area (Å²) in [6.45, 7) is 2.28. The molecule has 0 saturated heterocycles. The Bertz CT molecular complexity index is 1280. The standard InChI is InChI=1S/C25H30IN7O4/c1-2-3-8-37-25(36)18-9-17(10-19(27)11-18)20-13-31-23(32-26)24(35)33(20)14-21(34)30-12-15-4-6-16(7-5-15)22(28)29/h4-7,9,11,13,19H,2-3,8,10,12,14,27H2,1H3,(H3,28,29)(H,30,34)(H,31,32). The molecule has 1 aliphatic rings. The zero-order valence-corrected chi connectivity index (χ0v) is 22.6. The molecule has 1 aromatic heterocycles. The molecule has 37 heavy (non-hydrogen) atoms. The van der Waals surface area contributed by atoms with E-state index in [-0.39, 0.29) is 30.7 Å². The molecular weight excluding hydrogens is 589 g/mol. The third-order valence-electron chi connectivity index (χ3n) is 5.68. The van der Waals surface area contributed by atoms with Gasteiger partial charge in [0.15, 0.2) is 0 Å². The fourth-order valence-electron chi connectivity index (χ4n) is 3.70. The molecule has 12 heteroatoms. The molecule has 1 aromatic carbocycles. The van der Waals surface area contributed by atoms with Crippen LogP contribution in [0.25, 0.3) is 5.57 Å². The van der Waals surface area contributed by atoms with Crippen LogP contribution in [0.3, 0.4) is 0 Å². The summed E-state index contributed by atoms with van der Waals surface area (Å²) >= 11 is 1.80. The molecule has 1 unspecified atom stereocenters. The van der Waals surface area contributed by atoms with Crippen LogP contribution < -0.4 is 25.9 Å². The van der Waals surface area contributed by atoms with E-state index >= 15 is 0 Å². The van der Waals surface area contributed by atoms with E-state index in [1.807, 2.05) is 6.92 Å². The van der Waals surface area contributed by atoms with Gasteiger partial charge >= 0.3 is 5.97 Å². The van der Waals surface area contributed by atoms with E-state index in [1.54, 1.807) is 59.3 Å². The lowest BCUT2D eigenvalue weighted by Gasteiger charge is -2.21. The predicted octanol–water partition coefficient (Wildman–Crippen LogP) is 1.99. The molecule has 7 N–H and O–H groups in total. The SMILES string of the molecule is CCCCOC(=O)C1=CC(N)CC(c2cnc(NI)c(=O)n2CC(=O)NCc2ccc(C(=N)N)cc2)=C1. The first-order valence-electron chi connectivity index (χ1n) is 11.8. The second-order valence-electron chi connectivity index (χ2n) is 8.51. The number of amidine groups is 1. The van der Waals surface area contributed by atoms with Crippen molar-refractivity contribution in [3.63, 3.8) is 0 Å². The minimum absolute atomic E-state index is 0.0381. The zero-order chi connectivity index (χ0) is 26.9. The number of anilines is 1. The number of nitrogen functional groups attached to an aromatic ring is 1. The molecule has 1 amide bonds. The Hall–Kier alpha value is -3.52. The van der Waals surface area contributed by atoms with E-state index in [9.17, 15) is 14.4 Å². The highest BCUT2D eigenvalue weighted by Gasteiger charge is 2.23. The number of nitrogens with zero attached hydrogens (tertiary/aromatic N) is 2. The lowest BCUT2D eigenvalue weighted by molar-refractivity contribution is -0.138. The molecule has 11 nitrogen and oxygen atoms in total. The molecule has 0 aliphatic heterocycles. The second kappa shape index (κ2) is 13.1. The van der Waals surface area contributed by atoms with Crippen molar-refractivity contribution in [1.29, 1.82) is 5.41 Å². The molecule has 0 fully saturated rings. The molecular formula is C25H30IN7O4. The summed E-state index contributed by atoms with van der Waals surface area (Å²) in [6, 6.07) is 6.46. The Morgan fingerprint density at radius 1 is 1.30 bits per heavy atom. The van der Waals surface area contributed by atoms with Crippen LogP contribution in [0.1, 0.15) is 43.0 Å². The number of halogens is 1. The van der Waals surface area contributed by atoms with Crippen LogP contribution in [0.5, 0.6) is 0 Å². The van der Waals surface area contributed by atoms with Gasteiger partial charge in [0.1, 0.15) is 12.4 Å². The maximum absolute atomic E-state index is 13.1. The molecule has 0 spiro atoms. The van der Waals surface area contributed by atoms with E-state index in [2.05, 4.69) is 13.8 Å². The summed E-state index contributed by atoms with van der Waals surface area (Å²) in [6.07, 6.45) is 6.77. The molecule has 196 valence electrons. The van der Waals surface area contributed by atoms with Gasteiger partial charge in [-0.15, -0.1) is 0 Å². The highest BCUT2D eigenvalue weighted by Crippen LogP contribution is 2.26.